The van der Waals surface area contributed by atoms with E-state index in [1.807, 2.05) is 43.4 Å². The highest BCUT2D eigenvalue weighted by atomic mass is 15.2. The van der Waals surface area contributed by atoms with Gasteiger partial charge in [0, 0.05) is 13.1 Å². The molecule has 0 amide bonds. The predicted octanol–water partition coefficient (Wildman–Crippen LogP) is 1.87. The van der Waals surface area contributed by atoms with Crippen LogP contribution in [0.25, 0.3) is 0 Å². The number of hydrogen-bond acceptors (Lipinski definition) is 5. The van der Waals surface area contributed by atoms with Crippen molar-refractivity contribution in [2.75, 3.05) is 12.5 Å². The largest absolute Gasteiger partial charge is 0.308 e. The third-order valence-electron chi connectivity index (χ3n) is 2.90. The van der Waals surface area contributed by atoms with Crippen molar-refractivity contribution >= 4 is 5.82 Å². The summed E-state index contributed by atoms with van der Waals surface area (Å²) in [7, 11) is 2.02. The molecule has 0 saturated carbocycles. The van der Waals surface area contributed by atoms with Gasteiger partial charge in [-0.25, -0.2) is 10.8 Å². The van der Waals surface area contributed by atoms with E-state index < -0.39 is 0 Å². The van der Waals surface area contributed by atoms with E-state index in [4.69, 9.17) is 11.1 Å². The smallest absolute Gasteiger partial charge is 0.140 e. The van der Waals surface area contributed by atoms with Crippen molar-refractivity contribution in [3.05, 3.63) is 59.3 Å². The molecule has 1 aromatic heterocycles. The van der Waals surface area contributed by atoms with Crippen LogP contribution in [0.2, 0.25) is 0 Å². The van der Waals surface area contributed by atoms with Gasteiger partial charge in [0.1, 0.15) is 5.82 Å². The minimum absolute atomic E-state index is 0.655. The molecule has 3 N–H and O–H groups in total. The van der Waals surface area contributed by atoms with Gasteiger partial charge in [-0.3, -0.25) is 4.90 Å². The molecule has 0 bridgehead atoms. The summed E-state index contributed by atoms with van der Waals surface area (Å²) >= 11 is 0. The number of hydrogen-bond donors (Lipinski definition) is 2. The third-order valence-corrected chi connectivity index (χ3v) is 2.90. The maximum absolute atomic E-state index is 8.90. The number of rotatable bonds is 5. The van der Waals surface area contributed by atoms with Crippen LogP contribution in [0.5, 0.6) is 0 Å². The molecular weight excluding hydrogens is 250 g/mol. The molecule has 0 aliphatic rings. The van der Waals surface area contributed by atoms with Crippen LogP contribution in [0, 0.1) is 11.3 Å². The van der Waals surface area contributed by atoms with Crippen molar-refractivity contribution in [3.63, 3.8) is 0 Å². The quantitative estimate of drug-likeness (QED) is 0.638. The van der Waals surface area contributed by atoms with Crippen LogP contribution >= 0.6 is 0 Å². The Hall–Kier alpha value is -2.42. The molecule has 2 rings (SSSR count). The second-order valence-electron chi connectivity index (χ2n) is 4.64. The fourth-order valence-electron chi connectivity index (χ4n) is 2.03. The summed E-state index contributed by atoms with van der Waals surface area (Å²) in [5.41, 5.74) is 5.28. The van der Waals surface area contributed by atoms with Gasteiger partial charge in [0.25, 0.3) is 0 Å². The number of nitrogens with one attached hydrogen (secondary N) is 1. The van der Waals surface area contributed by atoms with E-state index in [9.17, 15) is 0 Å². The molecule has 0 unspecified atom stereocenters. The summed E-state index contributed by atoms with van der Waals surface area (Å²) < 4.78 is 0. The Bertz CT molecular complexity index is 618. The summed E-state index contributed by atoms with van der Waals surface area (Å²) in [5.74, 6) is 6.00. The van der Waals surface area contributed by atoms with Crippen LogP contribution in [-0.2, 0) is 13.1 Å². The molecule has 102 valence electrons. The lowest BCUT2D eigenvalue weighted by Gasteiger charge is -2.16. The number of nitrogens with two attached hydrogens (primary N) is 1. The van der Waals surface area contributed by atoms with Gasteiger partial charge in [-0.15, -0.1) is 0 Å². The SMILES string of the molecule is CN(Cc1cccc(C#N)c1)Cc1cccc(NN)n1. The molecule has 0 saturated heterocycles. The number of nitriles is 1. The van der Waals surface area contributed by atoms with Crippen LogP contribution in [0.1, 0.15) is 16.8 Å². The van der Waals surface area contributed by atoms with Gasteiger partial charge in [0.05, 0.1) is 17.3 Å². The van der Waals surface area contributed by atoms with E-state index in [1.54, 1.807) is 6.07 Å². The molecule has 0 aliphatic carbocycles. The highest BCUT2D eigenvalue weighted by molar-refractivity contribution is 5.34. The molecule has 2 aromatic rings. The first-order valence-electron chi connectivity index (χ1n) is 6.31. The van der Waals surface area contributed by atoms with Gasteiger partial charge >= 0.3 is 0 Å². The van der Waals surface area contributed by atoms with Crippen molar-refractivity contribution in [1.29, 1.82) is 5.26 Å². The van der Waals surface area contributed by atoms with E-state index in [0.29, 0.717) is 17.9 Å². The van der Waals surface area contributed by atoms with Crippen molar-refractivity contribution in [3.8, 4) is 6.07 Å². The van der Waals surface area contributed by atoms with E-state index in [2.05, 4.69) is 21.4 Å². The molecule has 5 nitrogen and oxygen atoms in total. The number of anilines is 1. The number of benzene rings is 1. The highest BCUT2D eigenvalue weighted by Crippen LogP contribution is 2.10. The van der Waals surface area contributed by atoms with Crippen LogP contribution < -0.4 is 11.3 Å². The minimum atomic E-state index is 0.655. The normalized spacial score (nSPS) is 10.3. The molecule has 1 heterocycles. The number of aromatic nitrogens is 1. The van der Waals surface area contributed by atoms with E-state index in [1.165, 1.54) is 0 Å². The zero-order chi connectivity index (χ0) is 14.4. The third kappa shape index (κ3) is 3.79. The Kier molecular flexibility index (Phi) is 4.66. The summed E-state index contributed by atoms with van der Waals surface area (Å²) in [4.78, 5) is 6.51. The number of nitrogens with zero attached hydrogens (tertiary/aromatic N) is 3. The summed E-state index contributed by atoms with van der Waals surface area (Å²) in [6, 6.07) is 15.5. The fraction of sp³-hybridized carbons (Fsp3) is 0.200. The summed E-state index contributed by atoms with van der Waals surface area (Å²) in [6.45, 7) is 1.48. The first-order chi connectivity index (χ1) is 9.71. The van der Waals surface area contributed by atoms with Crippen molar-refractivity contribution in [1.82, 2.24) is 9.88 Å². The van der Waals surface area contributed by atoms with Crippen LogP contribution in [0.3, 0.4) is 0 Å². The van der Waals surface area contributed by atoms with Gasteiger partial charge < -0.3 is 5.43 Å². The molecule has 5 heteroatoms. The van der Waals surface area contributed by atoms with Crippen LogP contribution in [-0.4, -0.2) is 16.9 Å². The van der Waals surface area contributed by atoms with Crippen LogP contribution in [0.4, 0.5) is 5.82 Å². The zero-order valence-electron chi connectivity index (χ0n) is 11.4. The van der Waals surface area contributed by atoms with E-state index in [-0.39, 0.29) is 0 Å². The van der Waals surface area contributed by atoms with Crippen LogP contribution in [0.15, 0.2) is 42.5 Å². The lowest BCUT2D eigenvalue weighted by molar-refractivity contribution is 0.315. The maximum atomic E-state index is 8.90. The molecule has 20 heavy (non-hydrogen) atoms. The van der Waals surface area contributed by atoms with Crippen molar-refractivity contribution in [2.45, 2.75) is 13.1 Å². The minimum Gasteiger partial charge on any atom is -0.308 e. The van der Waals surface area contributed by atoms with E-state index >= 15 is 0 Å². The van der Waals surface area contributed by atoms with Crippen molar-refractivity contribution in [2.24, 2.45) is 5.84 Å². The highest BCUT2D eigenvalue weighted by Gasteiger charge is 2.04. The monoisotopic (exact) mass is 267 g/mol. The first kappa shape index (κ1) is 14.0. The second-order valence-corrected chi connectivity index (χ2v) is 4.64. The summed E-state index contributed by atoms with van der Waals surface area (Å²) in [5, 5.41) is 8.90. The number of pyridine rings is 1. The lowest BCUT2D eigenvalue weighted by Crippen LogP contribution is -2.18. The van der Waals surface area contributed by atoms with Gasteiger partial charge in [-0.05, 0) is 36.9 Å². The zero-order valence-corrected chi connectivity index (χ0v) is 11.4. The molecule has 1 aromatic carbocycles. The standard InChI is InChI=1S/C15H17N5/c1-20(10-13-5-2-4-12(8-13)9-16)11-14-6-3-7-15(18-14)19-17/h2-8H,10-11,17H2,1H3,(H,18,19). The topological polar surface area (TPSA) is 78.0 Å². The molecule has 0 aliphatic heterocycles. The van der Waals surface area contributed by atoms with Gasteiger partial charge in [0.15, 0.2) is 0 Å². The predicted molar refractivity (Wildman–Crippen MR) is 78.4 cm³/mol. The molecule has 0 spiro atoms. The molecule has 0 atom stereocenters. The second kappa shape index (κ2) is 6.66. The van der Waals surface area contributed by atoms with Crippen molar-refractivity contribution < 1.29 is 0 Å². The van der Waals surface area contributed by atoms with Gasteiger partial charge in [-0.1, -0.05) is 18.2 Å². The maximum Gasteiger partial charge on any atom is 0.140 e. The summed E-state index contributed by atoms with van der Waals surface area (Å²) in [6.07, 6.45) is 0. The molecule has 0 radical (unpaired) electrons. The average Bonchev–Trinajstić information content (AvgIpc) is 2.47. The Morgan fingerprint density at radius 2 is 2.05 bits per heavy atom. The molecule has 0 fully saturated rings. The van der Waals surface area contributed by atoms with Gasteiger partial charge in [0.2, 0.25) is 0 Å². The van der Waals surface area contributed by atoms with Gasteiger partial charge in [-0.2, -0.15) is 5.26 Å². The number of nitrogen functional groups attached to an aromatic ring is 1. The lowest BCUT2D eigenvalue weighted by atomic mass is 10.1. The first-order valence-corrected chi connectivity index (χ1v) is 6.31. The fourth-order valence-corrected chi connectivity index (χ4v) is 2.03. The van der Waals surface area contributed by atoms with E-state index in [0.717, 1.165) is 17.8 Å². The Morgan fingerprint density at radius 1 is 1.25 bits per heavy atom. The Labute approximate surface area is 118 Å². The molecular formula is C15H17N5. The Morgan fingerprint density at radius 3 is 2.80 bits per heavy atom. The number of hydrazine groups is 1. The average molecular weight is 267 g/mol. The Balaban J connectivity index is 2.01.